The van der Waals surface area contributed by atoms with E-state index in [4.69, 9.17) is 30.5 Å². The largest absolute Gasteiger partial charge is 0.497 e. The molecule has 0 radical (unpaired) electrons. The van der Waals surface area contributed by atoms with E-state index in [9.17, 15) is 9.59 Å². The molecule has 2 aromatic rings. The second kappa shape index (κ2) is 10.4. The third kappa shape index (κ3) is 6.15. The van der Waals surface area contributed by atoms with Gasteiger partial charge in [0.1, 0.15) is 17.2 Å². The third-order valence-corrected chi connectivity index (χ3v) is 4.22. The van der Waals surface area contributed by atoms with Crippen LogP contribution in [0.15, 0.2) is 42.5 Å². The topological polar surface area (TPSA) is 83.1 Å². The minimum atomic E-state index is -1.01. The van der Waals surface area contributed by atoms with Crippen molar-refractivity contribution in [2.45, 2.75) is 13.0 Å². The molecule has 0 aromatic heterocycles. The van der Waals surface area contributed by atoms with Gasteiger partial charge in [-0.05, 0) is 43.3 Å². The van der Waals surface area contributed by atoms with E-state index in [2.05, 4.69) is 5.32 Å². The number of carbonyl (C=O) groups is 2. The normalized spacial score (nSPS) is 11.6. The van der Waals surface area contributed by atoms with E-state index < -0.39 is 18.0 Å². The lowest BCUT2D eigenvalue weighted by molar-refractivity contribution is -0.148. The number of esters is 1. The van der Waals surface area contributed by atoms with Crippen molar-refractivity contribution in [1.82, 2.24) is 0 Å². The zero-order valence-corrected chi connectivity index (χ0v) is 17.3. The molecule has 0 aliphatic carbocycles. The molecule has 29 heavy (non-hydrogen) atoms. The first-order valence-electron chi connectivity index (χ1n) is 8.63. The highest BCUT2D eigenvalue weighted by molar-refractivity contribution is 6.32. The summed E-state index contributed by atoms with van der Waals surface area (Å²) in [7, 11) is 4.56. The van der Waals surface area contributed by atoms with Crippen LogP contribution in [0.3, 0.4) is 0 Å². The summed E-state index contributed by atoms with van der Waals surface area (Å²) in [6, 6.07) is 9.98. The number of methoxy groups -OCH3 is 3. The fourth-order valence-corrected chi connectivity index (χ4v) is 2.63. The summed E-state index contributed by atoms with van der Waals surface area (Å²) in [4.78, 5) is 24.3. The number of benzene rings is 2. The highest BCUT2D eigenvalue weighted by Gasteiger charge is 2.17. The smallest absolute Gasteiger partial charge is 0.331 e. The van der Waals surface area contributed by atoms with E-state index in [1.807, 2.05) is 0 Å². The summed E-state index contributed by atoms with van der Waals surface area (Å²) in [6.45, 7) is 1.47. The van der Waals surface area contributed by atoms with Gasteiger partial charge < -0.3 is 24.3 Å². The summed E-state index contributed by atoms with van der Waals surface area (Å²) in [6.07, 6.45) is 1.75. The van der Waals surface area contributed by atoms with E-state index >= 15 is 0 Å². The van der Waals surface area contributed by atoms with Crippen LogP contribution < -0.4 is 19.5 Å². The van der Waals surface area contributed by atoms with Gasteiger partial charge in [0.15, 0.2) is 6.10 Å². The van der Waals surface area contributed by atoms with Crippen molar-refractivity contribution < 1.29 is 28.5 Å². The molecule has 8 heteroatoms. The first-order valence-corrected chi connectivity index (χ1v) is 9.00. The van der Waals surface area contributed by atoms with Crippen LogP contribution >= 0.6 is 11.6 Å². The number of ether oxygens (including phenoxy) is 4. The average Bonchev–Trinajstić information content (AvgIpc) is 2.72. The zero-order chi connectivity index (χ0) is 21.4. The van der Waals surface area contributed by atoms with Crippen LogP contribution in [-0.2, 0) is 14.3 Å². The van der Waals surface area contributed by atoms with Gasteiger partial charge in [-0.15, -0.1) is 0 Å². The predicted molar refractivity (Wildman–Crippen MR) is 111 cm³/mol. The first-order chi connectivity index (χ1) is 13.9. The predicted octanol–water partition coefficient (Wildman–Crippen LogP) is 3.95. The number of nitrogens with one attached hydrogen (secondary N) is 1. The van der Waals surface area contributed by atoms with Gasteiger partial charge in [-0.2, -0.15) is 0 Å². The molecule has 2 aromatic carbocycles. The number of amides is 1. The molecule has 0 heterocycles. The standard InChI is InChI=1S/C21H22ClNO6/c1-13(21(25)23-15-7-9-18(27-3)17(22)11-15)29-20(24)10-6-14-5-8-16(26-2)12-19(14)28-4/h5-13H,1-4H3,(H,23,25)/b10-6+/t13-/m1/s1. The maximum absolute atomic E-state index is 12.2. The van der Waals surface area contributed by atoms with Crippen LogP contribution in [0.1, 0.15) is 12.5 Å². The summed E-state index contributed by atoms with van der Waals surface area (Å²) in [5.74, 6) is 0.498. The molecule has 1 N–H and O–H groups in total. The van der Waals surface area contributed by atoms with Crippen LogP contribution in [0.2, 0.25) is 5.02 Å². The number of hydrogen-bond donors (Lipinski definition) is 1. The molecule has 0 saturated carbocycles. The first kappa shape index (κ1) is 22.1. The maximum Gasteiger partial charge on any atom is 0.331 e. The Labute approximate surface area is 174 Å². The van der Waals surface area contributed by atoms with Crippen LogP contribution in [0.5, 0.6) is 17.2 Å². The van der Waals surface area contributed by atoms with Crippen LogP contribution in [0.4, 0.5) is 5.69 Å². The third-order valence-electron chi connectivity index (χ3n) is 3.92. The molecule has 1 amide bonds. The van der Waals surface area contributed by atoms with Gasteiger partial charge in [0.25, 0.3) is 5.91 Å². The van der Waals surface area contributed by atoms with Gasteiger partial charge in [-0.3, -0.25) is 4.79 Å². The van der Waals surface area contributed by atoms with Crippen LogP contribution in [0.25, 0.3) is 6.08 Å². The molecule has 0 bridgehead atoms. The second-order valence-corrected chi connectivity index (χ2v) is 6.27. The molecule has 154 valence electrons. The maximum atomic E-state index is 12.2. The van der Waals surface area contributed by atoms with Crippen molar-refractivity contribution >= 4 is 35.2 Å². The number of hydrogen-bond acceptors (Lipinski definition) is 6. The van der Waals surface area contributed by atoms with Crippen molar-refractivity contribution in [2.24, 2.45) is 0 Å². The number of carbonyl (C=O) groups excluding carboxylic acids is 2. The molecule has 0 spiro atoms. The Kier molecular flexibility index (Phi) is 7.91. The van der Waals surface area contributed by atoms with Crippen molar-refractivity contribution in [2.75, 3.05) is 26.6 Å². The summed E-state index contributed by atoms with van der Waals surface area (Å²) < 4.78 is 20.6. The molecule has 0 aliphatic heterocycles. The molecule has 0 fully saturated rings. The molecule has 7 nitrogen and oxygen atoms in total. The Morgan fingerprint density at radius 2 is 1.72 bits per heavy atom. The van der Waals surface area contributed by atoms with E-state index in [-0.39, 0.29) is 0 Å². The average molecular weight is 420 g/mol. The monoisotopic (exact) mass is 419 g/mol. The Morgan fingerprint density at radius 1 is 1.00 bits per heavy atom. The Balaban J connectivity index is 1.97. The van der Waals surface area contributed by atoms with Gasteiger partial charge in [0, 0.05) is 23.4 Å². The number of rotatable bonds is 8. The van der Waals surface area contributed by atoms with Crippen LogP contribution in [-0.4, -0.2) is 39.3 Å². The molecule has 0 saturated heterocycles. The van der Waals surface area contributed by atoms with Crippen LogP contribution in [0, 0.1) is 0 Å². The van der Waals surface area contributed by atoms with Crippen molar-refractivity contribution in [3.8, 4) is 17.2 Å². The summed E-state index contributed by atoms with van der Waals surface area (Å²) in [5, 5.41) is 2.98. The minimum absolute atomic E-state index is 0.353. The minimum Gasteiger partial charge on any atom is -0.497 e. The highest BCUT2D eigenvalue weighted by Crippen LogP contribution is 2.27. The van der Waals surface area contributed by atoms with Gasteiger partial charge in [-0.25, -0.2) is 4.79 Å². The van der Waals surface area contributed by atoms with Crippen molar-refractivity contribution in [1.29, 1.82) is 0 Å². The lowest BCUT2D eigenvalue weighted by Gasteiger charge is -2.13. The molecule has 0 aliphatic rings. The Bertz CT molecular complexity index is 912. The molecule has 0 unspecified atom stereocenters. The summed E-state index contributed by atoms with van der Waals surface area (Å²) in [5.41, 5.74) is 1.12. The summed E-state index contributed by atoms with van der Waals surface area (Å²) >= 11 is 6.03. The Morgan fingerprint density at radius 3 is 2.34 bits per heavy atom. The van der Waals surface area contributed by atoms with E-state index in [1.165, 1.54) is 33.3 Å². The van der Waals surface area contributed by atoms with E-state index in [0.717, 1.165) is 0 Å². The lowest BCUT2D eigenvalue weighted by atomic mass is 10.1. The van der Waals surface area contributed by atoms with E-state index in [1.54, 1.807) is 43.5 Å². The fourth-order valence-electron chi connectivity index (χ4n) is 2.37. The lowest BCUT2D eigenvalue weighted by Crippen LogP contribution is -2.29. The highest BCUT2D eigenvalue weighted by atomic mass is 35.5. The Hall–Kier alpha value is -3.19. The van der Waals surface area contributed by atoms with Crippen molar-refractivity contribution in [3.05, 3.63) is 53.1 Å². The van der Waals surface area contributed by atoms with Gasteiger partial charge in [0.05, 0.1) is 26.4 Å². The fraction of sp³-hybridized carbons (Fsp3) is 0.238. The molecule has 1 atom stereocenters. The zero-order valence-electron chi connectivity index (χ0n) is 16.5. The second-order valence-electron chi connectivity index (χ2n) is 5.86. The van der Waals surface area contributed by atoms with Gasteiger partial charge in [-0.1, -0.05) is 11.6 Å². The molecule has 2 rings (SSSR count). The molecular formula is C21H22ClNO6. The molecular weight excluding hydrogens is 398 g/mol. The van der Waals surface area contributed by atoms with Gasteiger partial charge >= 0.3 is 5.97 Å². The van der Waals surface area contributed by atoms with Gasteiger partial charge in [0.2, 0.25) is 0 Å². The van der Waals surface area contributed by atoms with E-state index in [0.29, 0.717) is 33.5 Å². The number of anilines is 1. The number of halogens is 1. The quantitative estimate of drug-likeness (QED) is 0.515. The SMILES string of the molecule is COc1ccc(/C=C/C(=O)O[C@H](C)C(=O)Nc2ccc(OC)c(Cl)c2)c(OC)c1. The van der Waals surface area contributed by atoms with Crippen molar-refractivity contribution in [3.63, 3.8) is 0 Å².